The van der Waals surface area contributed by atoms with Gasteiger partial charge in [0.25, 0.3) is 0 Å². The molecule has 1 aromatic carbocycles. The van der Waals surface area contributed by atoms with E-state index < -0.39 is 15.9 Å². The van der Waals surface area contributed by atoms with Crippen LogP contribution in [0.15, 0.2) is 34.1 Å². The maximum absolute atomic E-state index is 11.2. The van der Waals surface area contributed by atoms with Gasteiger partial charge in [0.05, 0.1) is 17.0 Å². The normalized spacial score (nSPS) is 13.0. The van der Waals surface area contributed by atoms with E-state index in [9.17, 15) is 8.42 Å². The fraction of sp³-hybridized carbons (Fsp3) is 0.364. The monoisotopic (exact) mass is 270 g/mol. The number of hydrogen-bond acceptors (Lipinski definition) is 5. The van der Waals surface area contributed by atoms with Crippen molar-refractivity contribution in [2.24, 2.45) is 5.73 Å². The van der Waals surface area contributed by atoms with Gasteiger partial charge in [0.1, 0.15) is 0 Å². The molecule has 0 aliphatic heterocycles. The van der Waals surface area contributed by atoms with E-state index in [2.05, 4.69) is 0 Å². The first-order valence-corrected chi connectivity index (χ1v) is 7.89. The fourth-order valence-electron chi connectivity index (χ4n) is 1.15. The number of nitriles is 1. The van der Waals surface area contributed by atoms with Gasteiger partial charge in [0.2, 0.25) is 0 Å². The molecule has 17 heavy (non-hydrogen) atoms. The van der Waals surface area contributed by atoms with Crippen LogP contribution in [0.5, 0.6) is 0 Å². The molecule has 0 heterocycles. The Balaban J connectivity index is 2.56. The SMILES string of the molecule is CS(=O)(=O)c1ccc(SCCC(N)C#N)cc1. The van der Waals surface area contributed by atoms with Gasteiger partial charge in [0, 0.05) is 16.9 Å². The molecule has 0 saturated carbocycles. The third kappa shape index (κ3) is 4.77. The number of hydrogen-bond donors (Lipinski definition) is 1. The van der Waals surface area contributed by atoms with Crippen LogP contribution in [0.3, 0.4) is 0 Å². The van der Waals surface area contributed by atoms with E-state index >= 15 is 0 Å². The summed E-state index contributed by atoms with van der Waals surface area (Å²) in [6.45, 7) is 0. The van der Waals surface area contributed by atoms with Crippen LogP contribution in [-0.2, 0) is 9.84 Å². The zero-order chi connectivity index (χ0) is 12.9. The molecule has 1 atom stereocenters. The Morgan fingerprint density at radius 3 is 2.47 bits per heavy atom. The molecule has 0 saturated heterocycles. The van der Waals surface area contributed by atoms with E-state index in [0.717, 1.165) is 10.6 Å². The van der Waals surface area contributed by atoms with E-state index in [0.29, 0.717) is 11.3 Å². The zero-order valence-electron chi connectivity index (χ0n) is 9.46. The van der Waals surface area contributed by atoms with Gasteiger partial charge in [-0.15, -0.1) is 11.8 Å². The second kappa shape index (κ2) is 6.05. The van der Waals surface area contributed by atoms with Crippen LogP contribution in [-0.4, -0.2) is 26.5 Å². The summed E-state index contributed by atoms with van der Waals surface area (Å²) in [7, 11) is -3.13. The first kappa shape index (κ1) is 14.0. The van der Waals surface area contributed by atoms with Gasteiger partial charge >= 0.3 is 0 Å². The Hall–Kier alpha value is -1.03. The highest BCUT2D eigenvalue weighted by Crippen LogP contribution is 2.21. The lowest BCUT2D eigenvalue weighted by molar-refractivity contribution is 0.602. The smallest absolute Gasteiger partial charge is 0.175 e. The molecule has 0 aliphatic carbocycles. The van der Waals surface area contributed by atoms with E-state index in [-0.39, 0.29) is 0 Å². The van der Waals surface area contributed by atoms with Gasteiger partial charge in [-0.25, -0.2) is 8.42 Å². The summed E-state index contributed by atoms with van der Waals surface area (Å²) in [6, 6.07) is 8.23. The zero-order valence-corrected chi connectivity index (χ0v) is 11.1. The van der Waals surface area contributed by atoms with Crippen LogP contribution in [0.2, 0.25) is 0 Å². The first-order chi connectivity index (χ1) is 7.93. The van der Waals surface area contributed by atoms with Gasteiger partial charge in [-0.05, 0) is 30.7 Å². The van der Waals surface area contributed by atoms with Gasteiger partial charge in [-0.3, -0.25) is 0 Å². The number of nitrogens with zero attached hydrogens (tertiary/aromatic N) is 1. The first-order valence-electron chi connectivity index (χ1n) is 5.01. The Morgan fingerprint density at radius 1 is 1.41 bits per heavy atom. The largest absolute Gasteiger partial charge is 0.316 e. The molecule has 0 spiro atoms. The highest BCUT2D eigenvalue weighted by molar-refractivity contribution is 7.99. The van der Waals surface area contributed by atoms with E-state index in [1.54, 1.807) is 36.0 Å². The summed E-state index contributed by atoms with van der Waals surface area (Å²) in [5.74, 6) is 0.743. The van der Waals surface area contributed by atoms with Crippen LogP contribution in [0.4, 0.5) is 0 Å². The van der Waals surface area contributed by atoms with Crippen molar-refractivity contribution >= 4 is 21.6 Å². The maximum Gasteiger partial charge on any atom is 0.175 e. The molecule has 0 fully saturated rings. The van der Waals surface area contributed by atoms with E-state index in [1.165, 1.54) is 6.26 Å². The summed E-state index contributed by atoms with van der Waals surface area (Å²) >= 11 is 1.56. The fourth-order valence-corrected chi connectivity index (χ4v) is 2.72. The molecule has 0 amide bonds. The highest BCUT2D eigenvalue weighted by atomic mass is 32.2. The average molecular weight is 270 g/mol. The quantitative estimate of drug-likeness (QED) is 0.818. The molecule has 6 heteroatoms. The molecule has 1 unspecified atom stereocenters. The lowest BCUT2D eigenvalue weighted by Crippen LogP contribution is -2.17. The van der Waals surface area contributed by atoms with Crippen molar-refractivity contribution in [3.8, 4) is 6.07 Å². The molecular weight excluding hydrogens is 256 g/mol. The summed E-state index contributed by atoms with van der Waals surface area (Å²) < 4.78 is 22.5. The third-order valence-corrected chi connectivity index (χ3v) is 4.29. The minimum absolute atomic E-state index is 0.315. The number of benzene rings is 1. The van der Waals surface area contributed by atoms with Crippen LogP contribution in [0.25, 0.3) is 0 Å². The van der Waals surface area contributed by atoms with Gasteiger partial charge in [-0.1, -0.05) is 0 Å². The van der Waals surface area contributed by atoms with Crippen molar-refractivity contribution in [2.45, 2.75) is 22.3 Å². The minimum Gasteiger partial charge on any atom is -0.316 e. The third-order valence-electron chi connectivity index (χ3n) is 2.12. The summed E-state index contributed by atoms with van der Waals surface area (Å²) in [4.78, 5) is 1.29. The Morgan fingerprint density at radius 2 is 2.00 bits per heavy atom. The van der Waals surface area contributed by atoms with E-state index in [4.69, 9.17) is 11.0 Å². The number of thioether (sulfide) groups is 1. The molecule has 0 aromatic heterocycles. The van der Waals surface area contributed by atoms with Gasteiger partial charge < -0.3 is 5.73 Å². The van der Waals surface area contributed by atoms with Crippen LogP contribution in [0, 0.1) is 11.3 Å². The standard InChI is InChI=1S/C11H14N2O2S2/c1-17(14,15)11-4-2-10(3-5-11)16-7-6-9(13)8-12/h2-5,9H,6-7,13H2,1H3. The second-order valence-electron chi connectivity index (χ2n) is 3.62. The average Bonchev–Trinajstić information content (AvgIpc) is 2.28. The van der Waals surface area contributed by atoms with Crippen molar-refractivity contribution in [1.29, 1.82) is 5.26 Å². The van der Waals surface area contributed by atoms with Gasteiger partial charge in [0.15, 0.2) is 9.84 Å². The number of nitrogens with two attached hydrogens (primary N) is 1. The topological polar surface area (TPSA) is 83.9 Å². The molecule has 1 aromatic rings. The maximum atomic E-state index is 11.2. The van der Waals surface area contributed by atoms with Crippen LogP contribution >= 0.6 is 11.8 Å². The number of sulfone groups is 1. The second-order valence-corrected chi connectivity index (χ2v) is 6.80. The Kier molecular flexibility index (Phi) is 5.00. The molecule has 92 valence electrons. The molecule has 0 aliphatic rings. The van der Waals surface area contributed by atoms with Crippen molar-refractivity contribution in [3.63, 3.8) is 0 Å². The minimum atomic E-state index is -3.13. The summed E-state index contributed by atoms with van der Waals surface area (Å²) in [5.41, 5.74) is 5.46. The van der Waals surface area contributed by atoms with Crippen molar-refractivity contribution in [2.75, 3.05) is 12.0 Å². The summed E-state index contributed by atoms with van der Waals surface area (Å²) in [5, 5.41) is 8.51. The molecule has 0 radical (unpaired) electrons. The van der Waals surface area contributed by atoms with Crippen LogP contribution < -0.4 is 5.73 Å². The molecule has 0 bridgehead atoms. The lowest BCUT2D eigenvalue weighted by Gasteiger charge is -2.04. The Labute approximate surface area is 106 Å². The predicted octanol–water partition coefficient (Wildman–Crippen LogP) is 1.42. The van der Waals surface area contributed by atoms with Crippen molar-refractivity contribution in [3.05, 3.63) is 24.3 Å². The summed E-state index contributed by atoms with van der Waals surface area (Å²) in [6.07, 6.45) is 1.80. The van der Waals surface area contributed by atoms with Crippen LogP contribution in [0.1, 0.15) is 6.42 Å². The Bertz CT molecular complexity index is 503. The van der Waals surface area contributed by atoms with Crippen molar-refractivity contribution < 1.29 is 8.42 Å². The van der Waals surface area contributed by atoms with Gasteiger partial charge in [-0.2, -0.15) is 5.26 Å². The molecule has 2 N–H and O–H groups in total. The van der Waals surface area contributed by atoms with Crippen molar-refractivity contribution in [1.82, 2.24) is 0 Å². The molecular formula is C11H14N2O2S2. The molecule has 4 nitrogen and oxygen atoms in total. The lowest BCUT2D eigenvalue weighted by atomic mass is 10.3. The highest BCUT2D eigenvalue weighted by Gasteiger charge is 2.06. The predicted molar refractivity (Wildman–Crippen MR) is 68.5 cm³/mol. The van der Waals surface area contributed by atoms with E-state index in [1.807, 2.05) is 6.07 Å². The number of rotatable bonds is 5. The molecule has 1 rings (SSSR count).